The summed E-state index contributed by atoms with van der Waals surface area (Å²) in [5, 5.41) is 11.3. The summed E-state index contributed by atoms with van der Waals surface area (Å²) in [4.78, 5) is 0.00869. The van der Waals surface area contributed by atoms with Crippen LogP contribution in [0.1, 0.15) is 30.9 Å². The minimum absolute atomic E-state index is 0.00869. The Morgan fingerprint density at radius 3 is 2.58 bits per heavy atom. The van der Waals surface area contributed by atoms with Gasteiger partial charge in [0.15, 0.2) is 21.4 Å². The van der Waals surface area contributed by atoms with E-state index in [1.54, 1.807) is 24.3 Å². The maximum Gasteiger partial charge on any atom is 0.178 e. The monoisotopic (exact) mass is 482 g/mol. The van der Waals surface area contributed by atoms with Gasteiger partial charge in [-0.2, -0.15) is 0 Å². The second kappa shape index (κ2) is 10.2. The van der Waals surface area contributed by atoms with Gasteiger partial charge < -0.3 is 9.84 Å². The van der Waals surface area contributed by atoms with Gasteiger partial charge in [-0.15, -0.1) is 0 Å². The maximum absolute atomic E-state index is 14.6. The Morgan fingerprint density at radius 2 is 1.85 bits per heavy atom. The van der Waals surface area contributed by atoms with Crippen molar-refractivity contribution in [1.82, 2.24) is 10.4 Å². The van der Waals surface area contributed by atoms with E-state index < -0.39 is 33.0 Å². The number of nitrogens with one attached hydrogen (secondary N) is 1. The minimum Gasteiger partial charge on any atom is -0.505 e. The highest BCUT2D eigenvalue weighted by molar-refractivity contribution is 7.91. The first-order valence-electron chi connectivity index (χ1n) is 10.4. The second-order valence-corrected chi connectivity index (χ2v) is 9.80. The quantitative estimate of drug-likeness (QED) is 0.411. The molecule has 1 aliphatic rings. The van der Waals surface area contributed by atoms with Gasteiger partial charge in [0.2, 0.25) is 0 Å². The van der Waals surface area contributed by atoms with E-state index in [2.05, 4.69) is 5.43 Å². The number of hydrogen-bond donors (Lipinski definition) is 2. The molecule has 0 fully saturated rings. The zero-order chi connectivity index (χ0) is 24.2. The molecule has 0 saturated carbocycles. The van der Waals surface area contributed by atoms with E-state index in [9.17, 15) is 26.7 Å². The first kappa shape index (κ1) is 24.5. The summed E-state index contributed by atoms with van der Waals surface area (Å²) in [6.45, 7) is 1.72. The molecule has 33 heavy (non-hydrogen) atoms. The molecule has 2 aromatic rings. The lowest BCUT2D eigenvalue weighted by Crippen LogP contribution is -2.32. The number of ether oxygens (including phenoxy) is 1. The van der Waals surface area contributed by atoms with Crippen molar-refractivity contribution in [2.45, 2.75) is 31.1 Å². The molecule has 0 atom stereocenters. The molecule has 0 bridgehead atoms. The number of hydrogen-bond acceptors (Lipinski definition) is 6. The summed E-state index contributed by atoms with van der Waals surface area (Å²) in [6, 6.07) is 5.31. The number of phenolic OH excluding ortho intramolecular Hbond substituents is 1. The maximum atomic E-state index is 14.6. The average Bonchev–Trinajstić information content (AvgIpc) is 2.77. The van der Waals surface area contributed by atoms with Gasteiger partial charge in [-0.05, 0) is 49.1 Å². The number of aryl methyl sites for hydroxylation is 1. The van der Waals surface area contributed by atoms with Crippen molar-refractivity contribution in [1.29, 1.82) is 0 Å². The van der Waals surface area contributed by atoms with Gasteiger partial charge in [-0.1, -0.05) is 6.92 Å². The number of benzene rings is 2. The first-order valence-corrected chi connectivity index (χ1v) is 12.0. The number of rotatable bonds is 9. The lowest BCUT2D eigenvalue weighted by molar-refractivity contribution is 0.210. The van der Waals surface area contributed by atoms with Gasteiger partial charge in [-0.3, -0.25) is 10.4 Å². The van der Waals surface area contributed by atoms with E-state index >= 15 is 0 Å². The van der Waals surface area contributed by atoms with Crippen molar-refractivity contribution in [3.05, 3.63) is 76.9 Å². The first-order chi connectivity index (χ1) is 15.6. The number of phenols is 1. The molecule has 0 spiro atoms. The highest BCUT2D eigenvalue weighted by atomic mass is 32.2. The fraction of sp³-hybridized carbons (Fsp3) is 0.304. The predicted molar refractivity (Wildman–Crippen MR) is 118 cm³/mol. The molecule has 2 N–H and O–H groups in total. The minimum atomic E-state index is -3.53. The number of halogens is 3. The lowest BCUT2D eigenvalue weighted by atomic mass is 10.1. The van der Waals surface area contributed by atoms with E-state index in [0.717, 1.165) is 12.1 Å². The van der Waals surface area contributed by atoms with Gasteiger partial charge in [0.05, 0.1) is 17.3 Å². The topological polar surface area (TPSA) is 78.9 Å². The number of unbranched alkanes of at least 4 members (excludes halogenated alkanes) is 1. The number of sulfone groups is 1. The van der Waals surface area contributed by atoms with Crippen LogP contribution in [0.2, 0.25) is 0 Å². The zero-order valence-corrected chi connectivity index (χ0v) is 19.1. The van der Waals surface area contributed by atoms with Gasteiger partial charge in [-0.25, -0.2) is 21.6 Å². The smallest absolute Gasteiger partial charge is 0.178 e. The molecule has 178 valence electrons. The van der Waals surface area contributed by atoms with Crippen LogP contribution in [0.5, 0.6) is 5.75 Å². The van der Waals surface area contributed by atoms with Crippen molar-refractivity contribution in [3.8, 4) is 5.75 Å². The Bertz CT molecular complexity index is 1200. The average molecular weight is 483 g/mol. The zero-order valence-electron chi connectivity index (χ0n) is 18.2. The standard InChI is InChI=1S/C23H25F3N2O4S/c1-3-33(30,31)17-7-8-19(25)18(14-17)22-21(9-10-28(2)27-22)32-11-5-4-6-15-12-16(24)13-20(26)23(15)29/h7-10,12-14,27,29H,3-6,11H2,1-2H3. The summed E-state index contributed by atoms with van der Waals surface area (Å²) in [5.41, 5.74) is 3.45. The molecule has 0 amide bonds. The Balaban J connectivity index is 1.73. The Labute approximate surface area is 190 Å². The molecule has 1 heterocycles. The largest absolute Gasteiger partial charge is 0.505 e. The Kier molecular flexibility index (Phi) is 7.57. The summed E-state index contributed by atoms with van der Waals surface area (Å²) in [6.07, 6.45) is 4.51. The van der Waals surface area contributed by atoms with Crippen LogP contribution in [0.15, 0.2) is 53.3 Å². The van der Waals surface area contributed by atoms with Crippen molar-refractivity contribution < 1.29 is 31.4 Å². The van der Waals surface area contributed by atoms with Gasteiger partial charge in [0, 0.05) is 31.0 Å². The van der Waals surface area contributed by atoms with Crippen molar-refractivity contribution in [2.24, 2.45) is 0 Å². The van der Waals surface area contributed by atoms with Crippen LogP contribution in [-0.4, -0.2) is 37.9 Å². The molecule has 2 aromatic carbocycles. The SMILES string of the molecule is CCS(=O)(=O)c1ccc(F)c(C2=C(OCCCCc3cc(F)cc(F)c3O)C=CN(C)N2)c1. The van der Waals surface area contributed by atoms with Crippen LogP contribution >= 0.6 is 0 Å². The molecule has 0 saturated heterocycles. The van der Waals surface area contributed by atoms with Crippen LogP contribution in [0.4, 0.5) is 13.2 Å². The molecule has 1 aliphatic heterocycles. The summed E-state index contributed by atoms with van der Waals surface area (Å²) >= 11 is 0. The van der Waals surface area contributed by atoms with E-state index in [-0.39, 0.29) is 40.5 Å². The molecular weight excluding hydrogens is 457 g/mol. The predicted octanol–water partition coefficient (Wildman–Crippen LogP) is 4.27. The van der Waals surface area contributed by atoms with Gasteiger partial charge >= 0.3 is 0 Å². The fourth-order valence-electron chi connectivity index (χ4n) is 3.31. The van der Waals surface area contributed by atoms with Crippen LogP contribution in [0.25, 0.3) is 5.70 Å². The highest BCUT2D eigenvalue weighted by Crippen LogP contribution is 2.28. The Hall–Kier alpha value is -3.14. The third-order valence-electron chi connectivity index (χ3n) is 5.14. The summed E-state index contributed by atoms with van der Waals surface area (Å²) in [7, 11) is -1.83. The third kappa shape index (κ3) is 5.81. The van der Waals surface area contributed by atoms with Crippen molar-refractivity contribution in [2.75, 3.05) is 19.4 Å². The van der Waals surface area contributed by atoms with Crippen molar-refractivity contribution in [3.63, 3.8) is 0 Å². The summed E-state index contributed by atoms with van der Waals surface area (Å²) in [5.74, 6) is -2.74. The molecule has 3 rings (SSSR count). The molecule has 0 aliphatic carbocycles. The molecule has 0 unspecified atom stereocenters. The van der Waals surface area contributed by atoms with Gasteiger partial charge in [0.1, 0.15) is 23.1 Å². The van der Waals surface area contributed by atoms with E-state index in [1.165, 1.54) is 19.1 Å². The van der Waals surface area contributed by atoms with E-state index in [1.807, 2.05) is 0 Å². The molecule has 0 aromatic heterocycles. The van der Waals surface area contributed by atoms with E-state index in [4.69, 9.17) is 4.74 Å². The number of allylic oxidation sites excluding steroid dienone is 1. The molecular formula is C23H25F3N2O4S. The fourth-order valence-corrected chi connectivity index (χ4v) is 4.22. The lowest BCUT2D eigenvalue weighted by Gasteiger charge is -2.26. The second-order valence-electron chi connectivity index (χ2n) is 7.52. The van der Waals surface area contributed by atoms with E-state index in [0.29, 0.717) is 24.7 Å². The Morgan fingerprint density at radius 1 is 1.09 bits per heavy atom. The molecule has 6 nitrogen and oxygen atoms in total. The summed E-state index contributed by atoms with van der Waals surface area (Å²) < 4.78 is 71.7. The number of hydrazine groups is 1. The van der Waals surface area contributed by atoms with Crippen molar-refractivity contribution >= 4 is 15.5 Å². The number of nitrogens with zero attached hydrogens (tertiary/aromatic N) is 1. The molecule has 0 radical (unpaired) electrons. The highest BCUT2D eigenvalue weighted by Gasteiger charge is 2.21. The molecule has 10 heteroatoms. The van der Waals surface area contributed by atoms with Crippen LogP contribution in [-0.2, 0) is 21.0 Å². The number of aromatic hydroxyl groups is 1. The van der Waals surface area contributed by atoms with Crippen LogP contribution in [0, 0.1) is 17.5 Å². The van der Waals surface area contributed by atoms with Crippen LogP contribution < -0.4 is 5.43 Å². The third-order valence-corrected chi connectivity index (χ3v) is 6.87. The van der Waals surface area contributed by atoms with Gasteiger partial charge in [0.25, 0.3) is 0 Å². The normalized spacial score (nSPS) is 13.9. The van der Waals surface area contributed by atoms with Crippen LogP contribution in [0.3, 0.4) is 0 Å².